The summed E-state index contributed by atoms with van der Waals surface area (Å²) in [7, 11) is 0. The molecule has 0 aliphatic rings. The first-order valence-corrected chi connectivity index (χ1v) is 8.55. The Bertz CT molecular complexity index is 1340. The molecule has 0 aliphatic carbocycles. The van der Waals surface area contributed by atoms with Crippen molar-refractivity contribution in [1.29, 1.82) is 0 Å². The smallest absolute Gasteiger partial charge is 0.213 e. The molecule has 0 unspecified atom stereocenters. The molecule has 0 spiro atoms. The summed E-state index contributed by atoms with van der Waals surface area (Å²) in [6, 6.07) is 14.6. The predicted octanol–water partition coefficient (Wildman–Crippen LogP) is 4.47. The molecular weight excluding hydrogens is 360 g/mol. The summed E-state index contributed by atoms with van der Waals surface area (Å²) in [6.45, 7) is 0. The van der Waals surface area contributed by atoms with Crippen molar-refractivity contribution in [2.75, 3.05) is 5.73 Å². The third kappa shape index (κ3) is 2.56. The van der Waals surface area contributed by atoms with E-state index in [1.54, 1.807) is 36.7 Å². The van der Waals surface area contributed by atoms with Crippen LogP contribution >= 0.6 is 0 Å². The second-order valence-electron chi connectivity index (χ2n) is 6.36. The fourth-order valence-corrected chi connectivity index (χ4v) is 3.34. The minimum atomic E-state index is -0.529. The Balaban J connectivity index is 1.83. The van der Waals surface area contributed by atoms with Crippen LogP contribution in [-0.2, 0) is 0 Å². The first-order valence-electron chi connectivity index (χ1n) is 8.55. The number of imidazole rings is 1. The maximum Gasteiger partial charge on any atom is 0.213 e. The maximum absolute atomic E-state index is 13.4. The highest BCUT2D eigenvalue weighted by Gasteiger charge is 2.17. The summed E-state index contributed by atoms with van der Waals surface area (Å²) >= 11 is 0. The highest BCUT2D eigenvalue weighted by molar-refractivity contribution is 5.89. The van der Waals surface area contributed by atoms with Crippen molar-refractivity contribution in [2.24, 2.45) is 0 Å². The number of fused-ring (bicyclic) bond motifs is 2. The SMILES string of the molecule is Nc1nc(-c2ccc(F)cc2)c(-c2ccc3nc(F)ccc3c2)n2ccnc12. The molecule has 0 fully saturated rings. The van der Waals surface area contributed by atoms with Crippen LogP contribution in [0.5, 0.6) is 0 Å². The van der Waals surface area contributed by atoms with Crippen molar-refractivity contribution in [3.05, 3.63) is 78.8 Å². The van der Waals surface area contributed by atoms with Crippen LogP contribution in [0.15, 0.2) is 67.0 Å². The van der Waals surface area contributed by atoms with Crippen molar-refractivity contribution >= 4 is 22.4 Å². The zero-order chi connectivity index (χ0) is 19.3. The first kappa shape index (κ1) is 16.3. The number of pyridine rings is 1. The second kappa shape index (κ2) is 6.09. The lowest BCUT2D eigenvalue weighted by Gasteiger charge is -2.14. The van der Waals surface area contributed by atoms with Gasteiger partial charge in [-0.05, 0) is 48.5 Å². The van der Waals surface area contributed by atoms with E-state index in [0.717, 1.165) is 22.2 Å². The topological polar surface area (TPSA) is 69.1 Å². The molecule has 2 N–H and O–H groups in total. The Hall–Kier alpha value is -3.87. The molecule has 5 rings (SSSR count). The molecule has 0 saturated carbocycles. The minimum absolute atomic E-state index is 0.276. The number of hydrogen-bond acceptors (Lipinski definition) is 4. The standard InChI is InChI=1S/C21H13F2N5/c22-15-5-1-12(2-6-15)18-19(28-10-9-25-21(28)20(24)27-18)14-3-7-16-13(11-14)4-8-17(23)26-16/h1-11H,(H2,24,27). The van der Waals surface area contributed by atoms with E-state index in [1.807, 2.05) is 16.5 Å². The van der Waals surface area contributed by atoms with Crippen molar-refractivity contribution in [1.82, 2.24) is 19.4 Å². The highest BCUT2D eigenvalue weighted by atomic mass is 19.1. The lowest BCUT2D eigenvalue weighted by molar-refractivity contribution is 0.589. The summed E-state index contributed by atoms with van der Waals surface area (Å²) in [4.78, 5) is 12.7. The first-order chi connectivity index (χ1) is 13.6. The minimum Gasteiger partial charge on any atom is -0.381 e. The van der Waals surface area contributed by atoms with Gasteiger partial charge in [-0.15, -0.1) is 0 Å². The Morgan fingerprint density at radius 2 is 1.64 bits per heavy atom. The number of anilines is 1. The Morgan fingerprint density at radius 3 is 2.46 bits per heavy atom. The maximum atomic E-state index is 13.4. The fraction of sp³-hybridized carbons (Fsp3) is 0. The van der Waals surface area contributed by atoms with E-state index in [2.05, 4.69) is 15.0 Å². The van der Waals surface area contributed by atoms with Crippen LogP contribution in [0.4, 0.5) is 14.6 Å². The van der Waals surface area contributed by atoms with E-state index in [0.29, 0.717) is 16.9 Å². The molecule has 3 heterocycles. The molecule has 0 saturated heterocycles. The lowest BCUT2D eigenvalue weighted by Crippen LogP contribution is -2.03. The molecule has 3 aromatic heterocycles. The number of benzene rings is 2. The summed E-state index contributed by atoms with van der Waals surface area (Å²) in [5, 5.41) is 0.786. The average Bonchev–Trinajstić information content (AvgIpc) is 3.18. The van der Waals surface area contributed by atoms with Crippen LogP contribution in [0, 0.1) is 11.8 Å². The zero-order valence-corrected chi connectivity index (χ0v) is 14.5. The van der Waals surface area contributed by atoms with Gasteiger partial charge >= 0.3 is 0 Å². The van der Waals surface area contributed by atoms with Gasteiger partial charge < -0.3 is 5.73 Å². The van der Waals surface area contributed by atoms with E-state index in [1.165, 1.54) is 18.2 Å². The van der Waals surface area contributed by atoms with Crippen LogP contribution in [-0.4, -0.2) is 19.4 Å². The van der Waals surface area contributed by atoms with Crippen molar-refractivity contribution in [2.45, 2.75) is 0 Å². The molecule has 2 aromatic carbocycles. The molecule has 7 heteroatoms. The zero-order valence-electron chi connectivity index (χ0n) is 14.5. The lowest BCUT2D eigenvalue weighted by atomic mass is 10.0. The number of hydrogen-bond donors (Lipinski definition) is 1. The Morgan fingerprint density at radius 1 is 0.857 bits per heavy atom. The predicted molar refractivity (Wildman–Crippen MR) is 103 cm³/mol. The third-order valence-electron chi connectivity index (χ3n) is 4.61. The van der Waals surface area contributed by atoms with Crippen molar-refractivity contribution < 1.29 is 8.78 Å². The van der Waals surface area contributed by atoms with Gasteiger partial charge in [0.05, 0.1) is 16.9 Å². The third-order valence-corrected chi connectivity index (χ3v) is 4.61. The highest BCUT2D eigenvalue weighted by Crippen LogP contribution is 2.34. The normalized spacial score (nSPS) is 11.4. The molecule has 5 aromatic rings. The second-order valence-corrected chi connectivity index (χ2v) is 6.36. The summed E-state index contributed by atoms with van der Waals surface area (Å²) in [6.07, 6.45) is 3.44. The quantitative estimate of drug-likeness (QED) is 0.464. The van der Waals surface area contributed by atoms with E-state index in [9.17, 15) is 8.78 Å². The molecular formula is C21H13F2N5. The molecule has 5 nitrogen and oxygen atoms in total. The summed E-state index contributed by atoms with van der Waals surface area (Å²) < 4.78 is 28.7. The Labute approximate surface area is 158 Å². The van der Waals surface area contributed by atoms with Crippen molar-refractivity contribution in [3.8, 4) is 22.5 Å². The van der Waals surface area contributed by atoms with Gasteiger partial charge in [0, 0.05) is 28.9 Å². The van der Waals surface area contributed by atoms with Gasteiger partial charge in [-0.1, -0.05) is 6.07 Å². The number of halogens is 2. The van der Waals surface area contributed by atoms with E-state index < -0.39 is 5.95 Å². The molecule has 0 atom stereocenters. The summed E-state index contributed by atoms with van der Waals surface area (Å²) in [5.74, 6) is -0.586. The van der Waals surface area contributed by atoms with Gasteiger partial charge in [0.2, 0.25) is 5.95 Å². The van der Waals surface area contributed by atoms with Crippen LogP contribution in [0.2, 0.25) is 0 Å². The number of nitrogen functional groups attached to an aromatic ring is 1. The van der Waals surface area contributed by atoms with Gasteiger partial charge in [-0.2, -0.15) is 4.39 Å². The van der Waals surface area contributed by atoms with Crippen LogP contribution in [0.25, 0.3) is 39.1 Å². The van der Waals surface area contributed by atoms with E-state index in [-0.39, 0.29) is 11.6 Å². The molecule has 0 amide bonds. The molecule has 0 radical (unpaired) electrons. The monoisotopic (exact) mass is 373 g/mol. The van der Waals surface area contributed by atoms with E-state index >= 15 is 0 Å². The Kier molecular flexibility index (Phi) is 3.55. The largest absolute Gasteiger partial charge is 0.381 e. The molecule has 0 aliphatic heterocycles. The van der Waals surface area contributed by atoms with Crippen LogP contribution in [0.3, 0.4) is 0 Å². The number of aromatic nitrogens is 4. The van der Waals surface area contributed by atoms with E-state index in [4.69, 9.17) is 5.73 Å². The summed E-state index contributed by atoms with van der Waals surface area (Å²) in [5.41, 5.74) is 10.1. The van der Waals surface area contributed by atoms with Crippen LogP contribution < -0.4 is 5.73 Å². The van der Waals surface area contributed by atoms with Crippen LogP contribution in [0.1, 0.15) is 0 Å². The van der Waals surface area contributed by atoms with Gasteiger partial charge in [-0.3, -0.25) is 4.40 Å². The fourth-order valence-electron chi connectivity index (χ4n) is 3.34. The number of nitrogens with two attached hydrogens (primary N) is 1. The molecule has 0 bridgehead atoms. The number of rotatable bonds is 2. The number of nitrogens with zero attached hydrogens (tertiary/aromatic N) is 4. The molecule has 136 valence electrons. The van der Waals surface area contributed by atoms with Crippen molar-refractivity contribution in [3.63, 3.8) is 0 Å². The van der Waals surface area contributed by atoms with Gasteiger partial charge in [0.25, 0.3) is 0 Å². The molecule has 28 heavy (non-hydrogen) atoms. The average molecular weight is 373 g/mol. The van der Waals surface area contributed by atoms with Gasteiger partial charge in [0.1, 0.15) is 5.82 Å². The van der Waals surface area contributed by atoms with Gasteiger partial charge in [0.15, 0.2) is 11.5 Å². The van der Waals surface area contributed by atoms with Gasteiger partial charge in [-0.25, -0.2) is 19.3 Å².